The van der Waals surface area contributed by atoms with E-state index in [1.165, 1.54) is 17.2 Å². The van der Waals surface area contributed by atoms with Crippen LogP contribution in [0.15, 0.2) is 97.1 Å². The highest BCUT2D eigenvalue weighted by Gasteiger charge is 2.29. The van der Waals surface area contributed by atoms with E-state index in [0.717, 1.165) is 37.0 Å². The third-order valence-electron chi connectivity index (χ3n) is 6.30. The molecule has 0 saturated heterocycles. The number of ether oxygens (including phenoxy) is 1. The minimum Gasteiger partial charge on any atom is -0.463 e. The van der Waals surface area contributed by atoms with Gasteiger partial charge in [0.1, 0.15) is 11.7 Å². The number of hydrogen-bond donors (Lipinski definition) is 0. The average Bonchev–Trinajstić information content (AvgIpc) is 3.32. The highest BCUT2D eigenvalue weighted by molar-refractivity contribution is 5.81. The van der Waals surface area contributed by atoms with Gasteiger partial charge in [-0.1, -0.05) is 91.0 Å². The number of benzene rings is 3. The van der Waals surface area contributed by atoms with Gasteiger partial charge in [0.25, 0.3) is 0 Å². The van der Waals surface area contributed by atoms with Gasteiger partial charge in [-0.15, -0.1) is 5.10 Å². The Hall–Kier alpha value is -3.77. The molecule has 3 aromatic carbocycles. The van der Waals surface area contributed by atoms with E-state index in [0.29, 0.717) is 6.61 Å². The lowest BCUT2D eigenvalue weighted by atomic mass is 9.99. The molecule has 0 saturated carbocycles. The second-order valence-corrected chi connectivity index (χ2v) is 9.02. The maximum atomic E-state index is 11.7. The molecule has 0 fully saturated rings. The Morgan fingerprint density at radius 1 is 0.944 bits per heavy atom. The molecule has 1 heterocycles. The first-order valence-electron chi connectivity index (χ1n) is 12.6. The van der Waals surface area contributed by atoms with Crippen molar-refractivity contribution in [2.24, 2.45) is 5.92 Å². The van der Waals surface area contributed by atoms with Crippen LogP contribution in [0.3, 0.4) is 0 Å². The van der Waals surface area contributed by atoms with E-state index in [9.17, 15) is 4.79 Å². The first kappa shape index (κ1) is 25.3. The Balaban J connectivity index is 1.67. The fourth-order valence-corrected chi connectivity index (χ4v) is 4.59. The maximum absolute atomic E-state index is 11.7. The molecule has 0 aliphatic rings. The Bertz CT molecular complexity index is 1210. The van der Waals surface area contributed by atoms with Gasteiger partial charge in [0.15, 0.2) is 0 Å². The monoisotopic (exact) mass is 482 g/mol. The molecule has 6 heteroatoms. The minimum atomic E-state index is -0.293. The van der Waals surface area contributed by atoms with Gasteiger partial charge in [-0.05, 0) is 48.9 Å². The molecule has 186 valence electrons. The molecule has 0 aliphatic carbocycles. The molecule has 0 amide bonds. The summed E-state index contributed by atoms with van der Waals surface area (Å²) in [5.41, 5.74) is 4.40. The van der Waals surface area contributed by atoms with Crippen molar-refractivity contribution in [1.82, 2.24) is 19.9 Å². The summed E-state index contributed by atoms with van der Waals surface area (Å²) in [6.45, 7) is 6.00. The van der Waals surface area contributed by atoms with Crippen LogP contribution in [-0.2, 0) is 22.6 Å². The third kappa shape index (κ3) is 6.67. The number of para-hydroxylation sites is 1. The van der Waals surface area contributed by atoms with Gasteiger partial charge < -0.3 is 4.74 Å². The van der Waals surface area contributed by atoms with Crippen LogP contribution in [-0.4, -0.2) is 32.5 Å². The van der Waals surface area contributed by atoms with Crippen LogP contribution in [0.4, 0.5) is 0 Å². The molecule has 0 N–H and O–H groups in total. The summed E-state index contributed by atoms with van der Waals surface area (Å²) in [5.74, 6) is -0.0619. The predicted molar refractivity (Wildman–Crippen MR) is 143 cm³/mol. The summed E-state index contributed by atoms with van der Waals surface area (Å²) in [7, 11) is 0. The van der Waals surface area contributed by atoms with Crippen molar-refractivity contribution in [3.05, 3.63) is 108 Å². The lowest BCUT2D eigenvalue weighted by molar-refractivity contribution is -0.137. The van der Waals surface area contributed by atoms with Gasteiger partial charge in [0.2, 0.25) is 0 Å². The number of allylic oxidation sites excluding steroid dienone is 1. The molecule has 2 unspecified atom stereocenters. The van der Waals surface area contributed by atoms with E-state index in [1.807, 2.05) is 43.3 Å². The summed E-state index contributed by atoms with van der Waals surface area (Å²) >= 11 is 0. The minimum absolute atomic E-state index is 0.0335. The van der Waals surface area contributed by atoms with Gasteiger partial charge in [0, 0.05) is 19.2 Å². The highest BCUT2D eigenvalue weighted by atomic mass is 16.5. The van der Waals surface area contributed by atoms with E-state index in [4.69, 9.17) is 4.74 Å². The van der Waals surface area contributed by atoms with Gasteiger partial charge >= 0.3 is 5.97 Å². The van der Waals surface area contributed by atoms with Gasteiger partial charge in [-0.2, -0.15) is 0 Å². The normalized spacial score (nSPS) is 13.3. The van der Waals surface area contributed by atoms with E-state index in [2.05, 4.69) is 81.4 Å². The number of carbonyl (C=O) groups excluding carboxylic acids is 1. The molecule has 6 nitrogen and oxygen atoms in total. The van der Waals surface area contributed by atoms with Gasteiger partial charge in [-0.25, -0.2) is 9.48 Å². The Kier molecular flexibility index (Phi) is 9.00. The van der Waals surface area contributed by atoms with Crippen LogP contribution in [0, 0.1) is 5.92 Å². The number of hydrogen-bond acceptors (Lipinski definition) is 5. The lowest BCUT2D eigenvalue weighted by Gasteiger charge is -2.36. The van der Waals surface area contributed by atoms with E-state index in [-0.39, 0.29) is 18.1 Å². The maximum Gasteiger partial charge on any atom is 0.330 e. The highest BCUT2D eigenvalue weighted by Crippen LogP contribution is 2.31. The summed E-state index contributed by atoms with van der Waals surface area (Å²) in [6, 6.07) is 29.2. The largest absolute Gasteiger partial charge is 0.463 e. The molecule has 36 heavy (non-hydrogen) atoms. The molecular weight excluding hydrogens is 448 g/mol. The zero-order valence-corrected chi connectivity index (χ0v) is 21.0. The van der Waals surface area contributed by atoms with Gasteiger partial charge in [-0.3, -0.25) is 4.90 Å². The molecule has 4 aromatic rings. The standard InChI is InChI=1S/C30H34N4O2/c1-3-36-29(35)21-13-10-14-24(2)30(34-28-20-12-11-19-27(28)31-32-34)33(22-25-15-6-4-7-16-25)23-26-17-8-5-9-18-26/h4-9,11-13,15-21,24,30H,3,10,14,22-23H2,1-2H3/b21-13+. The molecular formula is C30H34N4O2. The Morgan fingerprint density at radius 2 is 1.56 bits per heavy atom. The number of nitrogens with zero attached hydrogens (tertiary/aromatic N) is 4. The second kappa shape index (κ2) is 12.8. The van der Waals surface area contributed by atoms with Crippen molar-refractivity contribution in [3.63, 3.8) is 0 Å². The van der Waals surface area contributed by atoms with E-state index >= 15 is 0 Å². The van der Waals surface area contributed by atoms with Crippen molar-refractivity contribution >= 4 is 17.0 Å². The van der Waals surface area contributed by atoms with Crippen molar-refractivity contribution < 1.29 is 9.53 Å². The van der Waals surface area contributed by atoms with Gasteiger partial charge in [0.05, 0.1) is 12.1 Å². The molecule has 1 aromatic heterocycles. The molecule has 0 spiro atoms. The van der Waals surface area contributed by atoms with Crippen molar-refractivity contribution in [3.8, 4) is 0 Å². The quantitative estimate of drug-likeness (QED) is 0.179. The van der Waals surface area contributed by atoms with Crippen LogP contribution >= 0.6 is 0 Å². The molecule has 0 radical (unpaired) electrons. The second-order valence-electron chi connectivity index (χ2n) is 9.02. The van der Waals surface area contributed by atoms with Crippen LogP contribution in [0.2, 0.25) is 0 Å². The first-order valence-corrected chi connectivity index (χ1v) is 12.6. The summed E-state index contributed by atoms with van der Waals surface area (Å²) in [5, 5.41) is 9.10. The van der Waals surface area contributed by atoms with Crippen LogP contribution in [0.25, 0.3) is 11.0 Å². The zero-order chi connectivity index (χ0) is 25.2. The molecule has 4 rings (SSSR count). The SMILES string of the molecule is CCOC(=O)/C=C/CCC(C)C(N(Cc1ccccc1)Cc1ccccc1)n1nnc2ccccc21. The average molecular weight is 483 g/mol. The smallest absolute Gasteiger partial charge is 0.330 e. The van der Waals surface area contributed by atoms with Crippen molar-refractivity contribution in [1.29, 1.82) is 0 Å². The Morgan fingerprint density at radius 3 is 2.19 bits per heavy atom. The first-order chi connectivity index (χ1) is 17.7. The van der Waals surface area contributed by atoms with Crippen LogP contribution in [0.1, 0.15) is 44.0 Å². The van der Waals surface area contributed by atoms with Crippen molar-refractivity contribution in [2.75, 3.05) is 6.61 Å². The number of rotatable bonds is 12. The van der Waals surface area contributed by atoms with Crippen molar-refractivity contribution in [2.45, 2.75) is 45.9 Å². The Labute approximate surface area is 213 Å². The third-order valence-corrected chi connectivity index (χ3v) is 6.30. The fraction of sp³-hybridized carbons (Fsp3) is 0.300. The number of aromatic nitrogens is 3. The summed E-state index contributed by atoms with van der Waals surface area (Å²) in [4.78, 5) is 14.2. The zero-order valence-electron chi connectivity index (χ0n) is 21.0. The molecule has 0 aliphatic heterocycles. The number of fused-ring (bicyclic) bond motifs is 1. The van der Waals surface area contributed by atoms with Crippen LogP contribution in [0.5, 0.6) is 0 Å². The molecule has 2 atom stereocenters. The van der Waals surface area contributed by atoms with E-state index < -0.39 is 0 Å². The van der Waals surface area contributed by atoms with Crippen LogP contribution < -0.4 is 0 Å². The van der Waals surface area contributed by atoms with E-state index in [1.54, 1.807) is 0 Å². The lowest BCUT2D eigenvalue weighted by Crippen LogP contribution is -2.37. The predicted octanol–water partition coefficient (Wildman–Crippen LogP) is 6.17. The number of carbonyl (C=O) groups is 1. The fourth-order valence-electron chi connectivity index (χ4n) is 4.59. The summed E-state index contributed by atoms with van der Waals surface area (Å²) in [6.07, 6.45) is 5.06. The topological polar surface area (TPSA) is 60.2 Å². The summed E-state index contributed by atoms with van der Waals surface area (Å²) < 4.78 is 7.09. The molecule has 0 bridgehead atoms. The number of esters is 1.